The summed E-state index contributed by atoms with van der Waals surface area (Å²) in [4.78, 5) is 12.0. The molecule has 3 unspecified atom stereocenters. The highest BCUT2D eigenvalue weighted by molar-refractivity contribution is 6.31. The van der Waals surface area contributed by atoms with E-state index in [9.17, 15) is 4.79 Å². The summed E-state index contributed by atoms with van der Waals surface area (Å²) in [6.07, 6.45) is 5.88. The molecule has 1 fully saturated rings. The SMILES string of the molecule is CCC(Cc1ccc(Cl)c(C2NC2CC2=C(C)C(=O)CCC2)c1)c1ccccc1C. The van der Waals surface area contributed by atoms with E-state index in [1.54, 1.807) is 0 Å². The maximum absolute atomic E-state index is 12.0. The lowest BCUT2D eigenvalue weighted by Gasteiger charge is -2.19. The zero-order valence-corrected chi connectivity index (χ0v) is 19.1. The largest absolute Gasteiger partial charge is 0.304 e. The van der Waals surface area contributed by atoms with Crippen LogP contribution < -0.4 is 5.32 Å². The van der Waals surface area contributed by atoms with Crippen LogP contribution in [0.4, 0.5) is 0 Å². The number of nitrogens with one attached hydrogen (secondary N) is 1. The molecule has 0 aromatic heterocycles. The number of ketones is 1. The molecule has 4 rings (SSSR count). The van der Waals surface area contributed by atoms with Gasteiger partial charge in [0.15, 0.2) is 5.78 Å². The van der Waals surface area contributed by atoms with Crippen LogP contribution in [0, 0.1) is 6.92 Å². The van der Waals surface area contributed by atoms with E-state index >= 15 is 0 Å². The van der Waals surface area contributed by atoms with E-state index < -0.39 is 0 Å². The first-order valence-electron chi connectivity index (χ1n) is 11.3. The molecule has 2 aromatic rings. The molecular weight excluding hydrogens is 390 g/mol. The van der Waals surface area contributed by atoms with Crippen molar-refractivity contribution in [2.75, 3.05) is 0 Å². The van der Waals surface area contributed by atoms with Crippen molar-refractivity contribution >= 4 is 17.4 Å². The van der Waals surface area contributed by atoms with Gasteiger partial charge in [0.2, 0.25) is 0 Å². The van der Waals surface area contributed by atoms with E-state index in [-0.39, 0.29) is 0 Å². The zero-order valence-electron chi connectivity index (χ0n) is 18.3. The quantitative estimate of drug-likeness (QED) is 0.496. The van der Waals surface area contributed by atoms with Crippen LogP contribution in [0.15, 0.2) is 53.6 Å². The Bertz CT molecular complexity index is 977. The van der Waals surface area contributed by atoms with E-state index in [1.165, 1.54) is 27.8 Å². The monoisotopic (exact) mass is 421 g/mol. The molecule has 0 amide bonds. The van der Waals surface area contributed by atoms with Gasteiger partial charge in [-0.05, 0) is 85.8 Å². The average molecular weight is 422 g/mol. The molecule has 0 saturated carbocycles. The summed E-state index contributed by atoms with van der Waals surface area (Å²) in [5.74, 6) is 0.847. The summed E-state index contributed by atoms with van der Waals surface area (Å²) in [7, 11) is 0. The third-order valence-electron chi connectivity index (χ3n) is 6.98. The van der Waals surface area contributed by atoms with Gasteiger partial charge in [-0.2, -0.15) is 0 Å². The lowest BCUT2D eigenvalue weighted by Crippen LogP contribution is -2.11. The molecule has 0 bridgehead atoms. The second-order valence-corrected chi connectivity index (χ2v) is 9.39. The predicted molar refractivity (Wildman–Crippen MR) is 125 cm³/mol. The van der Waals surface area contributed by atoms with E-state index in [0.717, 1.165) is 42.7 Å². The highest BCUT2D eigenvalue weighted by Gasteiger charge is 2.39. The van der Waals surface area contributed by atoms with Gasteiger partial charge < -0.3 is 5.32 Å². The van der Waals surface area contributed by atoms with Crippen LogP contribution in [0.2, 0.25) is 5.02 Å². The fourth-order valence-electron chi connectivity index (χ4n) is 4.98. The molecule has 2 aromatic carbocycles. The molecule has 1 saturated heterocycles. The van der Waals surface area contributed by atoms with Crippen LogP contribution in [-0.2, 0) is 11.2 Å². The molecule has 0 radical (unpaired) electrons. The van der Waals surface area contributed by atoms with E-state index in [4.69, 9.17) is 11.6 Å². The second kappa shape index (κ2) is 9.08. The van der Waals surface area contributed by atoms with Gasteiger partial charge in [-0.25, -0.2) is 0 Å². The van der Waals surface area contributed by atoms with Gasteiger partial charge in [-0.15, -0.1) is 0 Å². The summed E-state index contributed by atoms with van der Waals surface area (Å²) >= 11 is 6.60. The number of aryl methyl sites for hydroxylation is 1. The Kier molecular flexibility index (Phi) is 6.46. The Morgan fingerprint density at radius 1 is 1.13 bits per heavy atom. The third-order valence-corrected chi connectivity index (χ3v) is 7.33. The van der Waals surface area contributed by atoms with Crippen LogP contribution in [0.5, 0.6) is 0 Å². The van der Waals surface area contributed by atoms with E-state index in [0.29, 0.717) is 30.2 Å². The Balaban J connectivity index is 1.48. The van der Waals surface area contributed by atoms with Gasteiger partial charge in [0.25, 0.3) is 0 Å². The Hall–Kier alpha value is -1.90. The predicted octanol–water partition coefficient (Wildman–Crippen LogP) is 6.86. The van der Waals surface area contributed by atoms with Crippen LogP contribution in [-0.4, -0.2) is 11.8 Å². The molecule has 0 spiro atoms. The standard InChI is InChI=1S/C27H32ClNO/c1-4-20(22-10-6-5-8-17(22)2)14-19-12-13-24(28)23(15-19)27-25(29-27)16-21-9-7-11-26(30)18(21)3/h5-6,8,10,12-13,15,20,25,27,29H,4,7,9,11,14,16H2,1-3H3. The van der Waals surface area contributed by atoms with Crippen LogP contribution in [0.3, 0.4) is 0 Å². The van der Waals surface area contributed by atoms with Gasteiger partial charge >= 0.3 is 0 Å². The lowest BCUT2D eigenvalue weighted by atomic mass is 9.86. The van der Waals surface area contributed by atoms with Crippen molar-refractivity contribution in [3.63, 3.8) is 0 Å². The van der Waals surface area contributed by atoms with Crippen molar-refractivity contribution in [1.29, 1.82) is 0 Å². The maximum atomic E-state index is 12.0. The molecule has 2 nitrogen and oxygen atoms in total. The molecule has 158 valence electrons. The molecule has 2 aliphatic rings. The van der Waals surface area contributed by atoms with Crippen LogP contribution in [0.25, 0.3) is 0 Å². The Morgan fingerprint density at radius 2 is 1.93 bits per heavy atom. The van der Waals surface area contributed by atoms with Crippen molar-refractivity contribution in [3.8, 4) is 0 Å². The number of halogens is 1. The number of rotatable bonds is 7. The summed E-state index contributed by atoms with van der Waals surface area (Å²) in [5, 5.41) is 4.45. The normalized spacial score (nSPS) is 22.3. The van der Waals surface area contributed by atoms with E-state index in [2.05, 4.69) is 61.6 Å². The number of hydrogen-bond acceptors (Lipinski definition) is 2. The average Bonchev–Trinajstić information content (AvgIpc) is 3.50. The first-order chi connectivity index (χ1) is 14.5. The molecular formula is C27H32ClNO. The number of Topliss-reactive ketones (excluding diaryl/α,β-unsaturated/α-hetero) is 1. The van der Waals surface area contributed by atoms with Crippen LogP contribution in [0.1, 0.15) is 80.2 Å². The van der Waals surface area contributed by atoms with Crippen LogP contribution >= 0.6 is 11.6 Å². The van der Waals surface area contributed by atoms with Crippen molar-refractivity contribution in [1.82, 2.24) is 5.32 Å². The Labute approximate surface area is 185 Å². The number of allylic oxidation sites excluding steroid dienone is 1. The van der Waals surface area contributed by atoms with Crippen molar-refractivity contribution in [3.05, 3.63) is 80.9 Å². The van der Waals surface area contributed by atoms with Gasteiger partial charge in [0.1, 0.15) is 0 Å². The summed E-state index contributed by atoms with van der Waals surface area (Å²) in [6, 6.07) is 16.0. The van der Waals surface area contributed by atoms with Gasteiger partial charge in [-0.3, -0.25) is 4.79 Å². The fourth-order valence-corrected chi connectivity index (χ4v) is 5.21. The topological polar surface area (TPSA) is 39.0 Å². The smallest absolute Gasteiger partial charge is 0.158 e. The molecule has 3 atom stereocenters. The molecule has 1 aliphatic heterocycles. The number of carbonyl (C=O) groups is 1. The van der Waals surface area contributed by atoms with Crippen molar-refractivity contribution in [2.45, 2.75) is 77.3 Å². The van der Waals surface area contributed by atoms with Gasteiger partial charge in [0.05, 0.1) is 0 Å². The molecule has 3 heteroatoms. The Morgan fingerprint density at radius 3 is 2.70 bits per heavy atom. The second-order valence-electron chi connectivity index (χ2n) is 8.98. The van der Waals surface area contributed by atoms with Crippen molar-refractivity contribution < 1.29 is 4.79 Å². The fraction of sp³-hybridized carbons (Fsp3) is 0.444. The number of carbonyl (C=O) groups excluding carboxylic acids is 1. The highest BCUT2D eigenvalue weighted by atomic mass is 35.5. The molecule has 1 aliphatic carbocycles. The van der Waals surface area contributed by atoms with Gasteiger partial charge in [-0.1, -0.05) is 60.5 Å². The minimum absolute atomic E-state index is 0.299. The molecule has 30 heavy (non-hydrogen) atoms. The number of benzene rings is 2. The summed E-state index contributed by atoms with van der Waals surface area (Å²) < 4.78 is 0. The first-order valence-corrected chi connectivity index (χ1v) is 11.7. The number of hydrogen-bond donors (Lipinski definition) is 1. The zero-order chi connectivity index (χ0) is 21.3. The third kappa shape index (κ3) is 4.55. The minimum Gasteiger partial charge on any atom is -0.304 e. The van der Waals surface area contributed by atoms with Gasteiger partial charge in [0, 0.05) is 23.5 Å². The summed E-state index contributed by atoms with van der Waals surface area (Å²) in [5.41, 5.74) is 7.71. The highest BCUT2D eigenvalue weighted by Crippen LogP contribution is 2.40. The lowest BCUT2D eigenvalue weighted by molar-refractivity contribution is -0.116. The summed E-state index contributed by atoms with van der Waals surface area (Å²) in [6.45, 7) is 6.48. The maximum Gasteiger partial charge on any atom is 0.158 e. The minimum atomic E-state index is 0.299. The van der Waals surface area contributed by atoms with Crippen molar-refractivity contribution in [2.24, 2.45) is 0 Å². The first kappa shape index (κ1) is 21.3. The molecule has 1 N–H and O–H groups in total. The molecule has 1 heterocycles. The van der Waals surface area contributed by atoms with E-state index in [1.807, 2.05) is 6.92 Å².